The zero-order valence-electron chi connectivity index (χ0n) is 9.29. The predicted octanol–water partition coefficient (Wildman–Crippen LogP) is 3.90. The SMILES string of the molecule is C[C@]1(C2CCCC2)OP(Cl)N2CCC[C@H]21. The van der Waals surface area contributed by atoms with Crippen molar-refractivity contribution in [2.24, 2.45) is 5.92 Å². The molecule has 86 valence electrons. The van der Waals surface area contributed by atoms with E-state index in [4.69, 9.17) is 15.8 Å². The first kappa shape index (κ1) is 10.8. The van der Waals surface area contributed by atoms with Crippen LogP contribution in [0.25, 0.3) is 0 Å². The van der Waals surface area contributed by atoms with Crippen LogP contribution >= 0.6 is 18.9 Å². The lowest BCUT2D eigenvalue weighted by Gasteiger charge is -2.34. The molecular weight excluding hydrogens is 229 g/mol. The summed E-state index contributed by atoms with van der Waals surface area (Å²) in [5.74, 6) is 0.759. The number of nitrogens with zero attached hydrogens (tertiary/aromatic N) is 1. The summed E-state index contributed by atoms with van der Waals surface area (Å²) in [4.78, 5) is 0. The van der Waals surface area contributed by atoms with Crippen LogP contribution in [0.1, 0.15) is 45.4 Å². The van der Waals surface area contributed by atoms with Crippen molar-refractivity contribution < 1.29 is 4.52 Å². The average molecular weight is 248 g/mol. The van der Waals surface area contributed by atoms with E-state index in [9.17, 15) is 0 Å². The Bertz CT molecular complexity index is 259. The van der Waals surface area contributed by atoms with Crippen LogP contribution in [0, 0.1) is 5.92 Å². The predicted molar refractivity (Wildman–Crippen MR) is 63.9 cm³/mol. The summed E-state index contributed by atoms with van der Waals surface area (Å²) in [6, 6.07) is 0.615. The summed E-state index contributed by atoms with van der Waals surface area (Å²) in [5.41, 5.74) is 0.0699. The number of halogens is 1. The molecule has 1 unspecified atom stereocenters. The maximum Gasteiger partial charge on any atom is 0.207 e. The number of hydrogen-bond donors (Lipinski definition) is 0. The molecule has 2 saturated heterocycles. The second-order valence-electron chi connectivity index (χ2n) is 5.30. The van der Waals surface area contributed by atoms with Crippen LogP contribution in [0.2, 0.25) is 0 Å². The summed E-state index contributed by atoms with van der Waals surface area (Å²) in [5, 5.41) is 0. The smallest absolute Gasteiger partial charge is 0.207 e. The van der Waals surface area contributed by atoms with Crippen LogP contribution in [0.15, 0.2) is 0 Å². The molecular formula is C11H19ClNOP. The minimum absolute atomic E-state index is 0.0699. The van der Waals surface area contributed by atoms with Gasteiger partial charge in [0.05, 0.1) is 5.60 Å². The van der Waals surface area contributed by atoms with Crippen LogP contribution in [0.3, 0.4) is 0 Å². The van der Waals surface area contributed by atoms with Crippen LogP contribution < -0.4 is 0 Å². The molecule has 0 aromatic heterocycles. The normalized spacial score (nSPS) is 47.6. The molecule has 2 nitrogen and oxygen atoms in total. The van der Waals surface area contributed by atoms with E-state index in [1.54, 1.807) is 0 Å². The molecule has 0 radical (unpaired) electrons. The van der Waals surface area contributed by atoms with Gasteiger partial charge in [-0.15, -0.1) is 0 Å². The van der Waals surface area contributed by atoms with Gasteiger partial charge in [-0.2, -0.15) is 0 Å². The fraction of sp³-hybridized carbons (Fsp3) is 1.00. The molecule has 2 aliphatic heterocycles. The number of hydrogen-bond acceptors (Lipinski definition) is 2. The molecule has 0 spiro atoms. The third-order valence-electron chi connectivity index (χ3n) is 4.53. The first-order chi connectivity index (χ1) is 7.22. The first-order valence-electron chi connectivity index (χ1n) is 6.13. The monoisotopic (exact) mass is 247 g/mol. The van der Waals surface area contributed by atoms with Gasteiger partial charge in [0.25, 0.3) is 0 Å². The molecule has 3 atom stereocenters. The van der Waals surface area contributed by atoms with E-state index in [0.29, 0.717) is 6.04 Å². The lowest BCUT2D eigenvalue weighted by atomic mass is 9.81. The topological polar surface area (TPSA) is 12.5 Å². The Morgan fingerprint density at radius 2 is 2.00 bits per heavy atom. The lowest BCUT2D eigenvalue weighted by molar-refractivity contribution is 0.0281. The van der Waals surface area contributed by atoms with E-state index < -0.39 is 7.65 Å². The van der Waals surface area contributed by atoms with Crippen LogP contribution in [-0.4, -0.2) is 22.9 Å². The summed E-state index contributed by atoms with van der Waals surface area (Å²) in [6.07, 6.45) is 8.06. The molecule has 2 heterocycles. The van der Waals surface area contributed by atoms with Gasteiger partial charge in [-0.3, -0.25) is 0 Å². The maximum absolute atomic E-state index is 6.34. The van der Waals surface area contributed by atoms with Crippen molar-refractivity contribution in [3.63, 3.8) is 0 Å². The molecule has 1 aliphatic carbocycles. The van der Waals surface area contributed by atoms with Gasteiger partial charge in [-0.25, -0.2) is 4.67 Å². The van der Waals surface area contributed by atoms with E-state index >= 15 is 0 Å². The minimum atomic E-state index is -0.804. The summed E-state index contributed by atoms with van der Waals surface area (Å²) < 4.78 is 8.58. The van der Waals surface area contributed by atoms with Gasteiger partial charge in [0.15, 0.2) is 0 Å². The lowest BCUT2D eigenvalue weighted by Crippen LogP contribution is -2.44. The molecule has 0 N–H and O–H groups in total. The van der Waals surface area contributed by atoms with Gasteiger partial charge >= 0.3 is 0 Å². The highest BCUT2D eigenvalue weighted by Gasteiger charge is 2.56. The molecule has 3 fully saturated rings. The maximum atomic E-state index is 6.34. The quantitative estimate of drug-likeness (QED) is 0.652. The second-order valence-corrected chi connectivity index (χ2v) is 7.32. The Kier molecular flexibility index (Phi) is 2.76. The highest BCUT2D eigenvalue weighted by molar-refractivity contribution is 7.78. The zero-order valence-corrected chi connectivity index (χ0v) is 10.9. The number of fused-ring (bicyclic) bond motifs is 1. The molecule has 1 saturated carbocycles. The van der Waals surface area contributed by atoms with Gasteiger partial charge in [0.2, 0.25) is 7.65 Å². The summed E-state index contributed by atoms with van der Waals surface area (Å²) >= 11 is 6.34. The van der Waals surface area contributed by atoms with E-state index in [2.05, 4.69) is 11.6 Å². The van der Waals surface area contributed by atoms with Crippen LogP contribution in [0.5, 0.6) is 0 Å². The minimum Gasteiger partial charge on any atom is -0.323 e. The highest BCUT2D eigenvalue weighted by atomic mass is 35.7. The van der Waals surface area contributed by atoms with E-state index in [1.165, 1.54) is 38.5 Å². The van der Waals surface area contributed by atoms with Gasteiger partial charge in [-0.1, -0.05) is 12.8 Å². The van der Waals surface area contributed by atoms with Crippen molar-refractivity contribution in [1.29, 1.82) is 0 Å². The fourth-order valence-corrected chi connectivity index (χ4v) is 6.20. The third-order valence-corrected chi connectivity index (χ3v) is 6.74. The highest BCUT2D eigenvalue weighted by Crippen LogP contribution is 2.64. The molecule has 0 amide bonds. The fourth-order valence-electron chi connectivity index (χ4n) is 3.64. The third kappa shape index (κ3) is 1.57. The van der Waals surface area contributed by atoms with Crippen molar-refractivity contribution in [3.05, 3.63) is 0 Å². The van der Waals surface area contributed by atoms with Crippen molar-refractivity contribution in [3.8, 4) is 0 Å². The van der Waals surface area contributed by atoms with E-state index in [1.807, 2.05) is 0 Å². The Balaban J connectivity index is 1.84. The van der Waals surface area contributed by atoms with Crippen molar-refractivity contribution in [2.75, 3.05) is 6.54 Å². The standard InChI is InChI=1S/C11H19ClNOP/c1-11(9-5-2-3-6-9)10-7-4-8-13(10)15(12)14-11/h9-10H,2-8H2,1H3/t10-,11+,15?/m0/s1. The Hall–Kier alpha value is 0.640. The number of rotatable bonds is 1. The molecule has 0 bridgehead atoms. The average Bonchev–Trinajstić information content (AvgIpc) is 2.90. The Morgan fingerprint density at radius 3 is 2.73 bits per heavy atom. The molecule has 4 heteroatoms. The molecule has 3 rings (SSSR count). The van der Waals surface area contributed by atoms with Crippen LogP contribution in [-0.2, 0) is 4.52 Å². The zero-order chi connectivity index (χ0) is 10.5. The second kappa shape index (κ2) is 3.84. The van der Waals surface area contributed by atoms with E-state index in [-0.39, 0.29) is 5.60 Å². The van der Waals surface area contributed by atoms with Crippen molar-refractivity contribution >= 4 is 18.9 Å². The van der Waals surface area contributed by atoms with Crippen molar-refractivity contribution in [1.82, 2.24) is 4.67 Å². The Morgan fingerprint density at radius 1 is 1.27 bits per heavy atom. The van der Waals surface area contributed by atoms with Gasteiger partial charge < -0.3 is 4.52 Å². The van der Waals surface area contributed by atoms with E-state index in [0.717, 1.165) is 12.5 Å². The molecule has 3 aliphatic rings. The molecule has 15 heavy (non-hydrogen) atoms. The molecule has 0 aromatic rings. The largest absolute Gasteiger partial charge is 0.323 e. The summed E-state index contributed by atoms with van der Waals surface area (Å²) in [7, 11) is -0.804. The van der Waals surface area contributed by atoms with Crippen molar-refractivity contribution in [2.45, 2.75) is 57.1 Å². The summed E-state index contributed by atoms with van der Waals surface area (Å²) in [6.45, 7) is 3.47. The van der Waals surface area contributed by atoms with Gasteiger partial charge in [0, 0.05) is 12.6 Å². The Labute approximate surface area is 98.0 Å². The first-order valence-corrected chi connectivity index (χ1v) is 8.25. The molecule has 0 aromatic carbocycles. The van der Waals surface area contributed by atoms with Gasteiger partial charge in [-0.05, 0) is 49.8 Å². The van der Waals surface area contributed by atoms with Gasteiger partial charge in [0.1, 0.15) is 0 Å². The van der Waals surface area contributed by atoms with Crippen LogP contribution in [0.4, 0.5) is 0 Å².